The summed E-state index contributed by atoms with van der Waals surface area (Å²) in [4.78, 5) is 15.4. The summed E-state index contributed by atoms with van der Waals surface area (Å²) >= 11 is 0. The van der Waals surface area contributed by atoms with Crippen LogP contribution in [0.25, 0.3) is 45.3 Å². The molecule has 5 aliphatic carbocycles. The first-order valence-electron chi connectivity index (χ1n) is 16.5. The first-order valence-corrected chi connectivity index (χ1v) is 16.5. The zero-order valence-electron chi connectivity index (χ0n) is 25.9. The van der Waals surface area contributed by atoms with Crippen LogP contribution in [0.4, 0.5) is 0 Å². The van der Waals surface area contributed by atoms with Gasteiger partial charge in [0.25, 0.3) is 0 Å². The molecule has 0 saturated heterocycles. The summed E-state index contributed by atoms with van der Waals surface area (Å²) in [7, 11) is 0. The molecule has 0 amide bonds. The molecule has 220 valence electrons. The second-order valence-corrected chi connectivity index (χ2v) is 14.7. The molecule has 5 aliphatic rings. The lowest BCUT2D eigenvalue weighted by atomic mass is 9.48. The number of hydrogen-bond donors (Lipinski definition) is 0. The molecule has 0 atom stereocenters. The molecule has 0 spiro atoms. The molecule has 4 aromatic carbocycles. The SMILES string of the molecule is CC1(C)c2ccc(C#N)cc2-c2cccc(-c3nc(-c4ccccc4)nc(-c4ccc(C56C[C@H]7C[C@@H](C5)C[C@@H](C6)C7)cc4)n3)c21. The van der Waals surface area contributed by atoms with Gasteiger partial charge in [0.05, 0.1) is 11.6 Å². The van der Waals surface area contributed by atoms with Crippen LogP contribution in [0.15, 0.2) is 91.0 Å². The van der Waals surface area contributed by atoms with E-state index in [0.717, 1.165) is 45.6 Å². The lowest BCUT2D eigenvalue weighted by Gasteiger charge is -2.57. The number of rotatable bonds is 4. The predicted octanol–water partition coefficient (Wildman–Crippen LogP) is 9.52. The van der Waals surface area contributed by atoms with Gasteiger partial charge in [0.15, 0.2) is 17.5 Å². The Morgan fingerprint density at radius 1 is 0.622 bits per heavy atom. The summed E-state index contributed by atoms with van der Waals surface area (Å²) in [6.07, 6.45) is 8.45. The Morgan fingerprint density at radius 2 is 1.22 bits per heavy atom. The number of fused-ring (bicyclic) bond motifs is 3. The fourth-order valence-corrected chi connectivity index (χ4v) is 9.93. The van der Waals surface area contributed by atoms with E-state index in [9.17, 15) is 5.26 Å². The number of aromatic nitrogens is 3. The van der Waals surface area contributed by atoms with E-state index in [4.69, 9.17) is 15.0 Å². The Labute approximate surface area is 265 Å². The van der Waals surface area contributed by atoms with E-state index >= 15 is 0 Å². The van der Waals surface area contributed by atoms with Gasteiger partial charge in [0.2, 0.25) is 0 Å². The minimum Gasteiger partial charge on any atom is -0.208 e. The zero-order chi connectivity index (χ0) is 30.3. The highest BCUT2D eigenvalue weighted by Gasteiger charge is 2.51. The molecule has 0 radical (unpaired) electrons. The van der Waals surface area contributed by atoms with Gasteiger partial charge >= 0.3 is 0 Å². The summed E-state index contributed by atoms with van der Waals surface area (Å²) in [6, 6.07) is 34.2. The summed E-state index contributed by atoms with van der Waals surface area (Å²) in [6.45, 7) is 4.52. The molecule has 4 bridgehead atoms. The third-order valence-corrected chi connectivity index (χ3v) is 11.5. The molecule has 4 saturated carbocycles. The van der Waals surface area contributed by atoms with E-state index in [1.807, 2.05) is 30.3 Å². The largest absolute Gasteiger partial charge is 0.208 e. The van der Waals surface area contributed by atoms with Crippen LogP contribution in [0.3, 0.4) is 0 Å². The minimum absolute atomic E-state index is 0.269. The summed E-state index contributed by atoms with van der Waals surface area (Å²) in [5.74, 6) is 4.83. The third kappa shape index (κ3) is 4.13. The van der Waals surface area contributed by atoms with Crippen molar-refractivity contribution in [3.05, 3.63) is 113 Å². The molecule has 4 nitrogen and oxygen atoms in total. The predicted molar refractivity (Wildman–Crippen MR) is 178 cm³/mol. The highest BCUT2D eigenvalue weighted by Crippen LogP contribution is 2.61. The molecule has 4 fully saturated rings. The molecule has 4 heteroatoms. The van der Waals surface area contributed by atoms with Gasteiger partial charge in [-0.2, -0.15) is 5.26 Å². The highest BCUT2D eigenvalue weighted by molar-refractivity contribution is 5.87. The smallest absolute Gasteiger partial charge is 0.164 e. The molecule has 45 heavy (non-hydrogen) atoms. The van der Waals surface area contributed by atoms with E-state index in [0.29, 0.717) is 28.5 Å². The Bertz CT molecular complexity index is 1980. The van der Waals surface area contributed by atoms with Crippen molar-refractivity contribution in [1.29, 1.82) is 5.26 Å². The third-order valence-electron chi connectivity index (χ3n) is 11.5. The molecule has 1 heterocycles. The van der Waals surface area contributed by atoms with Gasteiger partial charge in [-0.3, -0.25) is 0 Å². The number of benzene rings is 4. The number of nitriles is 1. The van der Waals surface area contributed by atoms with E-state index in [-0.39, 0.29) is 5.41 Å². The van der Waals surface area contributed by atoms with Crippen molar-refractivity contribution >= 4 is 0 Å². The van der Waals surface area contributed by atoms with Gasteiger partial charge in [-0.15, -0.1) is 0 Å². The molecule has 5 aromatic rings. The quantitative estimate of drug-likeness (QED) is 0.211. The highest BCUT2D eigenvalue weighted by atomic mass is 15.0. The Morgan fingerprint density at radius 3 is 1.87 bits per heavy atom. The second kappa shape index (κ2) is 9.69. The van der Waals surface area contributed by atoms with Crippen molar-refractivity contribution in [1.82, 2.24) is 15.0 Å². The van der Waals surface area contributed by atoms with Crippen LogP contribution >= 0.6 is 0 Å². The lowest BCUT2D eigenvalue weighted by molar-refractivity contribution is -0.00518. The summed E-state index contributed by atoms with van der Waals surface area (Å²) < 4.78 is 0. The lowest BCUT2D eigenvalue weighted by Crippen LogP contribution is -2.48. The van der Waals surface area contributed by atoms with Gasteiger partial charge in [-0.25, -0.2) is 15.0 Å². The first kappa shape index (κ1) is 26.8. The van der Waals surface area contributed by atoms with Crippen LogP contribution in [-0.4, -0.2) is 15.0 Å². The van der Waals surface area contributed by atoms with Crippen LogP contribution in [0, 0.1) is 29.1 Å². The zero-order valence-corrected chi connectivity index (χ0v) is 25.9. The molecular formula is C41H36N4. The van der Waals surface area contributed by atoms with Crippen LogP contribution in [0.5, 0.6) is 0 Å². The monoisotopic (exact) mass is 584 g/mol. The Kier molecular flexibility index (Phi) is 5.76. The summed E-state index contributed by atoms with van der Waals surface area (Å²) in [5, 5.41) is 9.63. The van der Waals surface area contributed by atoms with Crippen LogP contribution < -0.4 is 0 Å². The fourth-order valence-electron chi connectivity index (χ4n) is 9.93. The van der Waals surface area contributed by atoms with Crippen molar-refractivity contribution in [2.75, 3.05) is 0 Å². The van der Waals surface area contributed by atoms with E-state index in [1.165, 1.54) is 55.2 Å². The van der Waals surface area contributed by atoms with Crippen molar-refractivity contribution in [3.8, 4) is 51.4 Å². The van der Waals surface area contributed by atoms with Crippen molar-refractivity contribution in [2.24, 2.45) is 17.8 Å². The Hall–Kier alpha value is -4.62. The molecule has 0 unspecified atom stereocenters. The van der Waals surface area contributed by atoms with Crippen molar-refractivity contribution in [3.63, 3.8) is 0 Å². The minimum atomic E-state index is -0.269. The van der Waals surface area contributed by atoms with Gasteiger partial charge in [0.1, 0.15) is 0 Å². The van der Waals surface area contributed by atoms with E-state index in [1.54, 1.807) is 0 Å². The van der Waals surface area contributed by atoms with Gasteiger partial charge in [0, 0.05) is 22.1 Å². The van der Waals surface area contributed by atoms with Crippen LogP contribution in [-0.2, 0) is 10.8 Å². The number of nitrogens with zero attached hydrogens (tertiary/aromatic N) is 4. The average Bonchev–Trinajstić information content (AvgIpc) is 3.30. The average molecular weight is 585 g/mol. The van der Waals surface area contributed by atoms with Crippen molar-refractivity contribution < 1.29 is 0 Å². The maximum atomic E-state index is 9.63. The molecular weight excluding hydrogens is 548 g/mol. The van der Waals surface area contributed by atoms with Crippen LogP contribution in [0.1, 0.15) is 74.6 Å². The van der Waals surface area contributed by atoms with E-state index < -0.39 is 0 Å². The molecule has 0 N–H and O–H groups in total. The standard InChI is InChI=1S/C41H36N4/c1-40(2)35-16-11-25(24-42)20-34(35)32-9-6-10-33(36(32)40)39-44-37(29-7-4-3-5-8-29)43-38(45-39)30-12-14-31(15-13-30)41-21-26-17-27(22-41)19-28(18-26)23-41/h3-16,20,26-28H,17-19,21-23H2,1-2H3/t26-,27+,28-,41?. The summed E-state index contributed by atoms with van der Waals surface area (Å²) in [5.41, 5.74) is 9.98. The normalized spacial score (nSPS) is 25.0. The topological polar surface area (TPSA) is 62.5 Å². The number of hydrogen-bond acceptors (Lipinski definition) is 4. The van der Waals surface area contributed by atoms with Gasteiger partial charge < -0.3 is 0 Å². The first-order chi connectivity index (χ1) is 21.9. The molecule has 1 aromatic heterocycles. The molecule has 0 aliphatic heterocycles. The van der Waals surface area contributed by atoms with Crippen LogP contribution in [0.2, 0.25) is 0 Å². The van der Waals surface area contributed by atoms with E-state index in [2.05, 4.69) is 80.6 Å². The fraction of sp³-hybridized carbons (Fsp3) is 0.317. The van der Waals surface area contributed by atoms with Crippen molar-refractivity contribution in [2.45, 2.75) is 63.2 Å². The maximum Gasteiger partial charge on any atom is 0.164 e. The second-order valence-electron chi connectivity index (χ2n) is 14.7. The Balaban J connectivity index is 1.17. The maximum absolute atomic E-state index is 9.63. The van der Waals surface area contributed by atoms with Gasteiger partial charge in [-0.05, 0) is 102 Å². The van der Waals surface area contributed by atoms with Gasteiger partial charge in [-0.1, -0.05) is 92.7 Å². The molecule has 10 rings (SSSR count).